The van der Waals surface area contributed by atoms with Gasteiger partial charge in [0, 0.05) is 12.6 Å². The Morgan fingerprint density at radius 1 is 1.29 bits per heavy atom. The van der Waals surface area contributed by atoms with Crippen LogP contribution in [0.3, 0.4) is 0 Å². The van der Waals surface area contributed by atoms with E-state index < -0.39 is 0 Å². The van der Waals surface area contributed by atoms with Gasteiger partial charge < -0.3 is 16.0 Å². The molecule has 4 nitrogen and oxygen atoms in total. The summed E-state index contributed by atoms with van der Waals surface area (Å²) in [6.07, 6.45) is 5.49. The van der Waals surface area contributed by atoms with Crippen LogP contribution in [0.15, 0.2) is 0 Å². The number of amides is 1. The van der Waals surface area contributed by atoms with Crippen molar-refractivity contribution >= 4 is 5.91 Å². The van der Waals surface area contributed by atoms with Crippen LogP contribution in [0.4, 0.5) is 0 Å². The van der Waals surface area contributed by atoms with Gasteiger partial charge in [0.1, 0.15) is 0 Å². The summed E-state index contributed by atoms with van der Waals surface area (Å²) in [7, 11) is 2.16. The van der Waals surface area contributed by atoms with Crippen molar-refractivity contribution in [3.63, 3.8) is 0 Å². The molecule has 1 saturated heterocycles. The number of rotatable bonds is 3. The van der Waals surface area contributed by atoms with Crippen molar-refractivity contribution in [2.24, 2.45) is 17.6 Å². The van der Waals surface area contributed by atoms with E-state index in [1.54, 1.807) is 0 Å². The van der Waals surface area contributed by atoms with Crippen LogP contribution in [0.25, 0.3) is 0 Å². The predicted molar refractivity (Wildman–Crippen MR) is 68.5 cm³/mol. The van der Waals surface area contributed by atoms with Gasteiger partial charge in [-0.05, 0) is 51.7 Å². The van der Waals surface area contributed by atoms with Gasteiger partial charge in [0.05, 0.1) is 5.92 Å². The minimum atomic E-state index is 0.0706. The Labute approximate surface area is 104 Å². The van der Waals surface area contributed by atoms with E-state index in [4.69, 9.17) is 5.73 Å². The van der Waals surface area contributed by atoms with Crippen molar-refractivity contribution < 1.29 is 4.79 Å². The van der Waals surface area contributed by atoms with E-state index in [2.05, 4.69) is 17.3 Å². The van der Waals surface area contributed by atoms with Crippen molar-refractivity contribution in [1.29, 1.82) is 0 Å². The molecule has 4 heteroatoms. The highest BCUT2D eigenvalue weighted by Gasteiger charge is 2.30. The molecule has 3 N–H and O–H groups in total. The molecule has 1 aliphatic heterocycles. The van der Waals surface area contributed by atoms with Crippen molar-refractivity contribution in [2.45, 2.75) is 38.1 Å². The quantitative estimate of drug-likeness (QED) is 0.757. The molecule has 1 saturated carbocycles. The zero-order chi connectivity index (χ0) is 12.3. The number of nitrogens with zero attached hydrogens (tertiary/aromatic N) is 1. The number of hydrogen-bond donors (Lipinski definition) is 2. The number of piperidine rings is 1. The van der Waals surface area contributed by atoms with Crippen molar-refractivity contribution in [3.05, 3.63) is 0 Å². The summed E-state index contributed by atoms with van der Waals surface area (Å²) in [6, 6.07) is 0.0903. The lowest BCUT2D eigenvalue weighted by atomic mass is 9.96. The van der Waals surface area contributed by atoms with Crippen LogP contribution in [0.1, 0.15) is 32.1 Å². The molecule has 1 aliphatic carbocycles. The molecule has 0 spiro atoms. The van der Waals surface area contributed by atoms with Crippen molar-refractivity contribution in [1.82, 2.24) is 10.2 Å². The molecule has 0 aromatic heterocycles. The maximum absolute atomic E-state index is 12.0. The fourth-order valence-corrected chi connectivity index (χ4v) is 2.96. The Morgan fingerprint density at radius 2 is 2.00 bits per heavy atom. The third-order valence-corrected chi connectivity index (χ3v) is 4.31. The molecule has 0 radical (unpaired) electrons. The second-order valence-electron chi connectivity index (χ2n) is 5.69. The monoisotopic (exact) mass is 239 g/mol. The van der Waals surface area contributed by atoms with E-state index in [0.29, 0.717) is 5.92 Å². The van der Waals surface area contributed by atoms with Crippen LogP contribution < -0.4 is 11.1 Å². The van der Waals surface area contributed by atoms with E-state index in [0.717, 1.165) is 38.9 Å². The van der Waals surface area contributed by atoms with E-state index in [1.807, 2.05) is 0 Å². The molecule has 1 heterocycles. The largest absolute Gasteiger partial charge is 0.356 e. The number of nitrogens with two attached hydrogens (primary N) is 1. The number of hydrogen-bond acceptors (Lipinski definition) is 3. The molecule has 2 atom stereocenters. The number of nitrogens with one attached hydrogen (secondary N) is 1. The van der Waals surface area contributed by atoms with Crippen LogP contribution in [-0.4, -0.2) is 43.5 Å². The summed E-state index contributed by atoms with van der Waals surface area (Å²) in [5.41, 5.74) is 5.94. The van der Waals surface area contributed by atoms with Crippen LogP contribution in [0.2, 0.25) is 0 Å². The number of carbonyl (C=O) groups excluding carboxylic acids is 1. The van der Waals surface area contributed by atoms with E-state index in [-0.39, 0.29) is 17.9 Å². The maximum atomic E-state index is 12.0. The molecule has 0 aromatic rings. The fraction of sp³-hybridized carbons (Fsp3) is 0.923. The molecular weight excluding hydrogens is 214 g/mol. The first-order valence-corrected chi connectivity index (χ1v) is 6.88. The van der Waals surface area contributed by atoms with Gasteiger partial charge in [-0.3, -0.25) is 4.79 Å². The molecular formula is C13H25N3O. The lowest BCUT2D eigenvalue weighted by molar-refractivity contribution is -0.125. The highest BCUT2D eigenvalue weighted by molar-refractivity contribution is 5.79. The molecule has 17 heavy (non-hydrogen) atoms. The second kappa shape index (κ2) is 5.83. The summed E-state index contributed by atoms with van der Waals surface area (Å²) >= 11 is 0. The fourth-order valence-electron chi connectivity index (χ4n) is 2.96. The van der Waals surface area contributed by atoms with Gasteiger partial charge in [0.2, 0.25) is 5.91 Å². The highest BCUT2D eigenvalue weighted by Crippen LogP contribution is 2.24. The minimum Gasteiger partial charge on any atom is -0.356 e. The molecule has 98 valence electrons. The molecule has 1 amide bonds. The molecule has 0 aromatic carbocycles. The second-order valence-corrected chi connectivity index (χ2v) is 5.69. The highest BCUT2D eigenvalue weighted by atomic mass is 16.1. The summed E-state index contributed by atoms with van der Waals surface area (Å²) < 4.78 is 0. The molecule has 2 fully saturated rings. The molecule has 0 bridgehead atoms. The Kier molecular flexibility index (Phi) is 4.40. The Bertz CT molecular complexity index is 261. The Balaban J connectivity index is 1.69. The van der Waals surface area contributed by atoms with Gasteiger partial charge in [-0.1, -0.05) is 6.42 Å². The first-order valence-electron chi connectivity index (χ1n) is 6.88. The number of likely N-dealkylation sites (tertiary alicyclic amines) is 1. The van der Waals surface area contributed by atoms with Gasteiger partial charge >= 0.3 is 0 Å². The zero-order valence-corrected chi connectivity index (χ0v) is 10.8. The standard InChI is InChI=1S/C13H25N3O/c1-16-7-5-10(6-8-16)9-15-13(17)11-3-2-4-12(11)14/h10-12H,2-9,14H2,1H3,(H,15,17). The number of carbonyl (C=O) groups is 1. The van der Waals surface area contributed by atoms with Gasteiger partial charge in [0.15, 0.2) is 0 Å². The SMILES string of the molecule is CN1CCC(CNC(=O)C2CCCC2N)CC1. The molecule has 2 unspecified atom stereocenters. The minimum absolute atomic E-state index is 0.0706. The third kappa shape index (κ3) is 3.42. The zero-order valence-electron chi connectivity index (χ0n) is 10.8. The van der Waals surface area contributed by atoms with E-state index >= 15 is 0 Å². The van der Waals surface area contributed by atoms with Crippen molar-refractivity contribution in [3.8, 4) is 0 Å². The Hall–Kier alpha value is -0.610. The van der Waals surface area contributed by atoms with Crippen LogP contribution in [0.5, 0.6) is 0 Å². The van der Waals surface area contributed by atoms with Gasteiger partial charge in [-0.15, -0.1) is 0 Å². The summed E-state index contributed by atoms with van der Waals surface area (Å²) in [5.74, 6) is 0.919. The van der Waals surface area contributed by atoms with Crippen LogP contribution >= 0.6 is 0 Å². The first kappa shape index (κ1) is 12.8. The lowest BCUT2D eigenvalue weighted by Crippen LogP contribution is -2.42. The first-order chi connectivity index (χ1) is 8.16. The maximum Gasteiger partial charge on any atom is 0.224 e. The van der Waals surface area contributed by atoms with E-state index in [9.17, 15) is 4.79 Å². The summed E-state index contributed by atoms with van der Waals surface area (Å²) in [4.78, 5) is 14.3. The average molecular weight is 239 g/mol. The lowest BCUT2D eigenvalue weighted by Gasteiger charge is -2.29. The van der Waals surface area contributed by atoms with E-state index in [1.165, 1.54) is 12.8 Å². The predicted octanol–water partition coefficient (Wildman–Crippen LogP) is 0.572. The molecule has 2 rings (SSSR count). The van der Waals surface area contributed by atoms with Crippen molar-refractivity contribution in [2.75, 3.05) is 26.7 Å². The Morgan fingerprint density at radius 3 is 2.59 bits per heavy atom. The molecule has 2 aliphatic rings. The summed E-state index contributed by atoms with van der Waals surface area (Å²) in [5, 5.41) is 3.10. The smallest absolute Gasteiger partial charge is 0.224 e. The van der Waals surface area contributed by atoms with Crippen LogP contribution in [-0.2, 0) is 4.79 Å². The van der Waals surface area contributed by atoms with Crippen LogP contribution in [0, 0.1) is 11.8 Å². The normalized spacial score (nSPS) is 31.6. The average Bonchev–Trinajstić information content (AvgIpc) is 2.74. The summed E-state index contributed by atoms with van der Waals surface area (Å²) in [6.45, 7) is 3.16. The third-order valence-electron chi connectivity index (χ3n) is 4.31. The van der Waals surface area contributed by atoms with Gasteiger partial charge in [-0.25, -0.2) is 0 Å². The topological polar surface area (TPSA) is 58.4 Å². The van der Waals surface area contributed by atoms with Gasteiger partial charge in [-0.2, -0.15) is 0 Å². The van der Waals surface area contributed by atoms with Gasteiger partial charge in [0.25, 0.3) is 0 Å².